The Labute approximate surface area is 191 Å². The van der Waals surface area contributed by atoms with Gasteiger partial charge in [0.1, 0.15) is 6.61 Å². The third kappa shape index (κ3) is 6.36. The molecular weight excluding hydrogens is 456 g/mol. The molecule has 0 saturated carbocycles. The normalized spacial score (nSPS) is 10.7. The second-order valence-electron chi connectivity index (χ2n) is 7.07. The fraction of sp³-hybridized carbons (Fsp3) is 0.160. The third-order valence-electron chi connectivity index (χ3n) is 4.56. The minimum atomic E-state index is -0.211. The molecule has 0 saturated heterocycles. The number of amides is 1. The van der Waals surface area contributed by atoms with Gasteiger partial charge in [0.15, 0.2) is 11.5 Å². The topological polar surface area (TPSA) is 50.8 Å². The van der Waals surface area contributed by atoms with Gasteiger partial charge in [-0.2, -0.15) is 0 Å². The minimum absolute atomic E-state index is 0.211. The van der Waals surface area contributed by atoms with E-state index >= 15 is 0 Å². The SMILES string of the molecule is COc1cc(C=CC(=O)Nc2ccc(N(C)C)cc2)cc(Br)c1OCc1ccccc1. The molecule has 0 radical (unpaired) electrons. The van der Waals surface area contributed by atoms with Gasteiger partial charge in [0.05, 0.1) is 11.6 Å². The predicted octanol–water partition coefficient (Wildman–Crippen LogP) is 5.75. The number of hydrogen-bond donors (Lipinski definition) is 1. The van der Waals surface area contributed by atoms with Crippen LogP contribution in [0.5, 0.6) is 11.5 Å². The van der Waals surface area contributed by atoms with Gasteiger partial charge in [0.25, 0.3) is 0 Å². The monoisotopic (exact) mass is 480 g/mol. The van der Waals surface area contributed by atoms with Crippen LogP contribution in [0.1, 0.15) is 11.1 Å². The Hall–Kier alpha value is -3.25. The lowest BCUT2D eigenvalue weighted by Gasteiger charge is -2.14. The molecule has 0 aliphatic carbocycles. The zero-order valence-electron chi connectivity index (χ0n) is 17.8. The van der Waals surface area contributed by atoms with Crippen molar-refractivity contribution in [2.75, 3.05) is 31.4 Å². The van der Waals surface area contributed by atoms with Crippen molar-refractivity contribution in [3.63, 3.8) is 0 Å². The molecular formula is C25H25BrN2O3. The zero-order chi connectivity index (χ0) is 22.2. The molecule has 0 unspecified atom stereocenters. The van der Waals surface area contributed by atoms with E-state index in [1.807, 2.05) is 85.7 Å². The maximum atomic E-state index is 12.3. The van der Waals surface area contributed by atoms with Gasteiger partial charge in [-0.3, -0.25) is 4.79 Å². The molecule has 3 aromatic carbocycles. The Morgan fingerprint density at radius 3 is 2.42 bits per heavy atom. The van der Waals surface area contributed by atoms with Gasteiger partial charge >= 0.3 is 0 Å². The molecule has 0 aromatic heterocycles. The van der Waals surface area contributed by atoms with Crippen molar-refractivity contribution in [3.8, 4) is 11.5 Å². The number of carbonyl (C=O) groups is 1. The molecule has 0 aliphatic rings. The van der Waals surface area contributed by atoms with Crippen molar-refractivity contribution < 1.29 is 14.3 Å². The highest BCUT2D eigenvalue weighted by atomic mass is 79.9. The molecule has 160 valence electrons. The minimum Gasteiger partial charge on any atom is -0.493 e. The number of anilines is 2. The highest BCUT2D eigenvalue weighted by Gasteiger charge is 2.11. The van der Waals surface area contributed by atoms with Crippen LogP contribution in [0.4, 0.5) is 11.4 Å². The second kappa shape index (κ2) is 10.7. The number of rotatable bonds is 8. The quantitative estimate of drug-likeness (QED) is 0.416. The van der Waals surface area contributed by atoms with E-state index in [2.05, 4.69) is 21.2 Å². The average Bonchev–Trinajstić information content (AvgIpc) is 2.77. The van der Waals surface area contributed by atoms with Crippen molar-refractivity contribution in [1.82, 2.24) is 0 Å². The zero-order valence-corrected chi connectivity index (χ0v) is 19.3. The molecule has 3 rings (SSSR count). The Morgan fingerprint density at radius 2 is 1.77 bits per heavy atom. The van der Waals surface area contributed by atoms with Crippen molar-refractivity contribution in [1.29, 1.82) is 0 Å². The summed E-state index contributed by atoms with van der Waals surface area (Å²) in [4.78, 5) is 14.3. The van der Waals surface area contributed by atoms with Crippen LogP contribution in [0, 0.1) is 0 Å². The Morgan fingerprint density at radius 1 is 1.06 bits per heavy atom. The van der Waals surface area contributed by atoms with Crippen LogP contribution < -0.4 is 19.7 Å². The first-order valence-electron chi connectivity index (χ1n) is 9.77. The summed E-state index contributed by atoms with van der Waals surface area (Å²) in [6.07, 6.45) is 3.23. The summed E-state index contributed by atoms with van der Waals surface area (Å²) < 4.78 is 12.2. The Kier molecular flexibility index (Phi) is 7.73. The summed E-state index contributed by atoms with van der Waals surface area (Å²) in [7, 11) is 5.54. The first-order chi connectivity index (χ1) is 15.0. The summed E-state index contributed by atoms with van der Waals surface area (Å²) >= 11 is 3.55. The van der Waals surface area contributed by atoms with Gasteiger partial charge in [-0.15, -0.1) is 0 Å². The van der Waals surface area contributed by atoms with E-state index in [1.165, 1.54) is 6.08 Å². The Balaban J connectivity index is 1.67. The van der Waals surface area contributed by atoms with Gasteiger partial charge < -0.3 is 19.7 Å². The summed E-state index contributed by atoms with van der Waals surface area (Å²) in [5, 5.41) is 2.86. The number of benzene rings is 3. The fourth-order valence-electron chi connectivity index (χ4n) is 2.90. The van der Waals surface area contributed by atoms with Crippen molar-refractivity contribution in [2.45, 2.75) is 6.61 Å². The molecule has 6 heteroatoms. The van der Waals surface area contributed by atoms with Gasteiger partial charge in [0, 0.05) is 31.5 Å². The standard InChI is InChI=1S/C25H25BrN2O3/c1-28(2)21-12-10-20(11-13-21)27-24(29)14-9-19-15-22(26)25(23(16-19)30-3)31-17-18-7-5-4-6-8-18/h4-16H,17H2,1-3H3,(H,27,29). The third-order valence-corrected chi connectivity index (χ3v) is 5.15. The lowest BCUT2D eigenvalue weighted by atomic mass is 10.2. The molecule has 3 aromatic rings. The van der Waals surface area contributed by atoms with Crippen molar-refractivity contribution >= 4 is 39.3 Å². The molecule has 5 nitrogen and oxygen atoms in total. The Bertz CT molecular complexity index is 1050. The van der Waals surface area contributed by atoms with Crippen LogP contribution in [-0.4, -0.2) is 27.1 Å². The number of methoxy groups -OCH3 is 1. The van der Waals surface area contributed by atoms with E-state index < -0.39 is 0 Å². The molecule has 0 heterocycles. The van der Waals surface area contributed by atoms with Crippen LogP contribution in [0.2, 0.25) is 0 Å². The first kappa shape index (κ1) is 22.4. The van der Waals surface area contributed by atoms with E-state index in [4.69, 9.17) is 9.47 Å². The maximum absolute atomic E-state index is 12.3. The van der Waals surface area contributed by atoms with Crippen molar-refractivity contribution in [3.05, 3.63) is 88.4 Å². The lowest BCUT2D eigenvalue weighted by Crippen LogP contribution is -2.10. The molecule has 0 aliphatic heterocycles. The van der Waals surface area contributed by atoms with Crippen LogP contribution in [-0.2, 0) is 11.4 Å². The van der Waals surface area contributed by atoms with E-state index in [1.54, 1.807) is 13.2 Å². The average molecular weight is 481 g/mol. The summed E-state index contributed by atoms with van der Waals surface area (Å²) in [5.74, 6) is 0.996. The van der Waals surface area contributed by atoms with Crippen molar-refractivity contribution in [2.24, 2.45) is 0 Å². The number of nitrogens with zero attached hydrogens (tertiary/aromatic N) is 1. The van der Waals surface area contributed by atoms with E-state index in [0.29, 0.717) is 18.1 Å². The number of halogens is 1. The molecule has 0 atom stereocenters. The number of carbonyl (C=O) groups excluding carboxylic acids is 1. The highest BCUT2D eigenvalue weighted by Crippen LogP contribution is 2.37. The lowest BCUT2D eigenvalue weighted by molar-refractivity contribution is -0.111. The highest BCUT2D eigenvalue weighted by molar-refractivity contribution is 9.10. The van der Waals surface area contributed by atoms with Crippen LogP contribution in [0.3, 0.4) is 0 Å². The van der Waals surface area contributed by atoms with Gasteiger partial charge in [-0.25, -0.2) is 0 Å². The molecule has 1 amide bonds. The van der Waals surface area contributed by atoms with E-state index in [9.17, 15) is 4.79 Å². The first-order valence-corrected chi connectivity index (χ1v) is 10.6. The number of ether oxygens (including phenoxy) is 2. The van der Waals surface area contributed by atoms with Gasteiger partial charge in [-0.1, -0.05) is 30.3 Å². The van der Waals surface area contributed by atoms with Crippen LogP contribution in [0.25, 0.3) is 6.08 Å². The van der Waals surface area contributed by atoms with Crippen LogP contribution in [0.15, 0.2) is 77.3 Å². The van der Waals surface area contributed by atoms with E-state index in [-0.39, 0.29) is 5.91 Å². The van der Waals surface area contributed by atoms with Crippen LogP contribution >= 0.6 is 15.9 Å². The molecule has 1 N–H and O–H groups in total. The largest absolute Gasteiger partial charge is 0.493 e. The number of hydrogen-bond acceptors (Lipinski definition) is 4. The predicted molar refractivity (Wildman–Crippen MR) is 130 cm³/mol. The summed E-state index contributed by atoms with van der Waals surface area (Å²) in [6.45, 7) is 0.431. The molecule has 0 fully saturated rings. The smallest absolute Gasteiger partial charge is 0.248 e. The summed E-state index contributed by atoms with van der Waals surface area (Å²) in [6, 6.07) is 21.3. The number of nitrogens with one attached hydrogen (secondary N) is 1. The van der Waals surface area contributed by atoms with Gasteiger partial charge in [0.2, 0.25) is 5.91 Å². The fourth-order valence-corrected chi connectivity index (χ4v) is 3.48. The molecule has 31 heavy (non-hydrogen) atoms. The second-order valence-corrected chi connectivity index (χ2v) is 7.93. The van der Waals surface area contributed by atoms with E-state index in [0.717, 1.165) is 27.0 Å². The maximum Gasteiger partial charge on any atom is 0.248 e. The summed E-state index contributed by atoms with van der Waals surface area (Å²) in [5.41, 5.74) is 3.69. The molecule has 0 bridgehead atoms. The molecule has 0 spiro atoms. The van der Waals surface area contributed by atoms with Gasteiger partial charge in [-0.05, 0) is 69.5 Å².